The maximum atomic E-state index is 12.8. The number of amides is 1. The molecule has 0 spiro atoms. The molecule has 0 atom stereocenters. The van der Waals surface area contributed by atoms with E-state index in [-0.39, 0.29) is 34.5 Å². The molecule has 0 unspecified atom stereocenters. The Hall–Kier alpha value is -3.86. The summed E-state index contributed by atoms with van der Waals surface area (Å²) in [6.45, 7) is 3.77. The van der Waals surface area contributed by atoms with Gasteiger partial charge >= 0.3 is 11.9 Å². The molecule has 3 rings (SSSR count). The van der Waals surface area contributed by atoms with Gasteiger partial charge in [-0.3, -0.25) is 4.79 Å². The lowest BCUT2D eigenvalue weighted by Crippen LogP contribution is -2.16. The summed E-state index contributed by atoms with van der Waals surface area (Å²) in [4.78, 5) is 37.7. The number of thiophene rings is 1. The number of nitrogens with zero attached hydrogens (tertiary/aromatic N) is 2. The lowest BCUT2D eigenvalue weighted by atomic mass is 10.1. The molecule has 0 aliphatic rings. The van der Waals surface area contributed by atoms with Gasteiger partial charge in [0.25, 0.3) is 5.91 Å². The van der Waals surface area contributed by atoms with E-state index < -0.39 is 17.8 Å². The van der Waals surface area contributed by atoms with Crippen molar-refractivity contribution in [3.8, 4) is 11.5 Å². The van der Waals surface area contributed by atoms with E-state index in [4.69, 9.17) is 18.9 Å². The molecule has 0 bridgehead atoms. The van der Waals surface area contributed by atoms with Crippen LogP contribution in [0.15, 0.2) is 36.5 Å². The van der Waals surface area contributed by atoms with Gasteiger partial charge in [0, 0.05) is 6.20 Å². The molecular weight excluding hydrogens is 462 g/mol. The van der Waals surface area contributed by atoms with Crippen molar-refractivity contribution in [2.24, 2.45) is 0 Å². The summed E-state index contributed by atoms with van der Waals surface area (Å²) in [6.07, 6.45) is 2.23. The van der Waals surface area contributed by atoms with Crippen LogP contribution in [0.25, 0.3) is 0 Å². The van der Waals surface area contributed by atoms with Crippen molar-refractivity contribution in [3.05, 3.63) is 58.2 Å². The minimum Gasteiger partial charge on any atom is -0.497 e. The number of benzene rings is 1. The Kier molecular flexibility index (Phi) is 8.25. The normalized spacial score (nSPS) is 10.5. The average Bonchev–Trinajstić information content (AvgIpc) is 3.45. The first-order chi connectivity index (χ1) is 16.4. The number of esters is 2. The van der Waals surface area contributed by atoms with E-state index in [2.05, 4.69) is 10.4 Å². The topological polar surface area (TPSA) is 118 Å². The number of carbonyl (C=O) groups is 3. The third-order valence-corrected chi connectivity index (χ3v) is 5.87. The quantitative estimate of drug-likeness (QED) is 0.428. The summed E-state index contributed by atoms with van der Waals surface area (Å²) in [7, 11) is 2.83. The van der Waals surface area contributed by atoms with Crippen LogP contribution in [0, 0.1) is 6.92 Å². The molecule has 0 saturated heterocycles. The molecule has 0 fully saturated rings. The zero-order chi connectivity index (χ0) is 24.7. The number of rotatable bonds is 10. The first-order valence-electron chi connectivity index (χ1n) is 10.4. The zero-order valence-corrected chi connectivity index (χ0v) is 20.1. The number of carbonyl (C=O) groups excluding carboxylic acids is 3. The van der Waals surface area contributed by atoms with E-state index in [0.29, 0.717) is 23.5 Å². The molecule has 0 aliphatic heterocycles. The molecule has 34 heavy (non-hydrogen) atoms. The highest BCUT2D eigenvalue weighted by Crippen LogP contribution is 2.34. The van der Waals surface area contributed by atoms with E-state index in [1.165, 1.54) is 17.9 Å². The maximum absolute atomic E-state index is 12.8. The number of nitrogens with one attached hydrogen (secondary N) is 1. The molecule has 1 N–H and O–H groups in total. The highest BCUT2D eigenvalue weighted by molar-refractivity contribution is 7.18. The van der Waals surface area contributed by atoms with Crippen LogP contribution in [0.4, 0.5) is 5.00 Å². The van der Waals surface area contributed by atoms with Gasteiger partial charge in [-0.05, 0) is 49.2 Å². The molecule has 2 heterocycles. The molecule has 2 aromatic heterocycles. The fourth-order valence-electron chi connectivity index (χ4n) is 2.94. The van der Waals surface area contributed by atoms with Crippen molar-refractivity contribution in [2.45, 2.75) is 27.0 Å². The molecule has 0 aliphatic carbocycles. The Labute approximate surface area is 200 Å². The largest absolute Gasteiger partial charge is 0.497 e. The second kappa shape index (κ2) is 11.3. The average molecular weight is 488 g/mol. The van der Waals surface area contributed by atoms with Crippen LogP contribution >= 0.6 is 11.3 Å². The van der Waals surface area contributed by atoms with Gasteiger partial charge in [-0.15, -0.1) is 11.3 Å². The van der Waals surface area contributed by atoms with Crippen molar-refractivity contribution >= 4 is 34.2 Å². The van der Waals surface area contributed by atoms with Crippen LogP contribution in [0.1, 0.15) is 49.4 Å². The smallest absolute Gasteiger partial charge is 0.348 e. The van der Waals surface area contributed by atoms with E-state index in [0.717, 1.165) is 11.3 Å². The minimum absolute atomic E-state index is 0.0821. The number of hydrogen-bond donors (Lipinski definition) is 1. The van der Waals surface area contributed by atoms with E-state index in [1.54, 1.807) is 44.5 Å². The van der Waals surface area contributed by atoms with Crippen LogP contribution in [-0.4, -0.2) is 48.5 Å². The van der Waals surface area contributed by atoms with Crippen molar-refractivity contribution in [2.75, 3.05) is 26.1 Å². The van der Waals surface area contributed by atoms with E-state index in [9.17, 15) is 14.4 Å². The molecule has 3 aromatic rings. The molecule has 180 valence electrons. The summed E-state index contributed by atoms with van der Waals surface area (Å²) in [5.74, 6) is -0.457. The Morgan fingerprint density at radius 3 is 2.41 bits per heavy atom. The van der Waals surface area contributed by atoms with Crippen molar-refractivity contribution in [1.82, 2.24) is 9.78 Å². The summed E-state index contributed by atoms with van der Waals surface area (Å²) in [5, 5.41) is 7.06. The third-order valence-electron chi connectivity index (χ3n) is 4.68. The lowest BCUT2D eigenvalue weighted by molar-refractivity contribution is 0.0506. The Balaban J connectivity index is 1.73. The zero-order valence-electron chi connectivity index (χ0n) is 19.2. The van der Waals surface area contributed by atoms with Gasteiger partial charge < -0.3 is 24.3 Å². The first-order valence-corrected chi connectivity index (χ1v) is 11.2. The number of anilines is 1. The SMILES string of the molecule is CCCOC(=O)c1c(NC(=O)c2ccn(COc3ccc(OC)cc3)n2)sc(C(=O)OC)c1C. The maximum Gasteiger partial charge on any atom is 0.348 e. The molecule has 1 amide bonds. The fraction of sp³-hybridized carbons (Fsp3) is 0.304. The Morgan fingerprint density at radius 1 is 1.06 bits per heavy atom. The minimum atomic E-state index is -0.625. The highest BCUT2D eigenvalue weighted by atomic mass is 32.1. The molecule has 0 saturated carbocycles. The van der Waals surface area contributed by atoms with E-state index in [1.807, 2.05) is 6.92 Å². The summed E-state index contributed by atoms with van der Waals surface area (Å²) in [5.41, 5.74) is 0.609. The molecule has 0 radical (unpaired) electrons. The van der Waals surface area contributed by atoms with Crippen LogP contribution in [0.2, 0.25) is 0 Å². The van der Waals surface area contributed by atoms with Gasteiger partial charge in [0.05, 0.1) is 26.4 Å². The van der Waals surface area contributed by atoms with Crippen LogP contribution in [-0.2, 0) is 16.2 Å². The number of hydrogen-bond acceptors (Lipinski definition) is 9. The Bertz CT molecular complexity index is 1170. The highest BCUT2D eigenvalue weighted by Gasteiger charge is 2.27. The summed E-state index contributed by atoms with van der Waals surface area (Å²) >= 11 is 0.944. The number of ether oxygens (including phenoxy) is 4. The van der Waals surface area contributed by atoms with Gasteiger partial charge in [0.2, 0.25) is 0 Å². The lowest BCUT2D eigenvalue weighted by Gasteiger charge is -2.07. The Morgan fingerprint density at radius 2 is 1.76 bits per heavy atom. The van der Waals surface area contributed by atoms with Gasteiger partial charge in [-0.2, -0.15) is 5.10 Å². The van der Waals surface area contributed by atoms with Gasteiger partial charge in [0.1, 0.15) is 21.4 Å². The van der Waals surface area contributed by atoms with Crippen molar-refractivity contribution < 1.29 is 33.3 Å². The standard InChI is InChI=1S/C23H25N3O7S/c1-5-12-32-22(28)18-14(2)19(23(29)31-4)34-21(18)24-20(27)17-10-11-26(25-17)13-33-16-8-6-15(30-3)7-9-16/h6-11H,5,12-13H2,1-4H3,(H,24,27). The second-order valence-corrected chi connectivity index (χ2v) is 8.05. The van der Waals surface area contributed by atoms with Gasteiger partial charge in [-0.25, -0.2) is 14.3 Å². The fourth-order valence-corrected chi connectivity index (χ4v) is 4.04. The van der Waals surface area contributed by atoms with Gasteiger partial charge in [0.15, 0.2) is 12.4 Å². The number of methoxy groups -OCH3 is 2. The van der Waals surface area contributed by atoms with Crippen LogP contribution in [0.3, 0.4) is 0 Å². The molecular formula is C23H25N3O7S. The number of aromatic nitrogens is 2. The predicted octanol–water partition coefficient (Wildman–Crippen LogP) is 3.90. The third kappa shape index (κ3) is 5.73. The summed E-state index contributed by atoms with van der Waals surface area (Å²) in [6, 6.07) is 8.57. The van der Waals surface area contributed by atoms with Crippen LogP contribution < -0.4 is 14.8 Å². The van der Waals surface area contributed by atoms with Gasteiger partial charge in [-0.1, -0.05) is 6.92 Å². The van der Waals surface area contributed by atoms with Crippen LogP contribution in [0.5, 0.6) is 11.5 Å². The second-order valence-electron chi connectivity index (χ2n) is 7.03. The molecule has 10 nitrogen and oxygen atoms in total. The monoisotopic (exact) mass is 487 g/mol. The molecule has 11 heteroatoms. The predicted molar refractivity (Wildman–Crippen MR) is 125 cm³/mol. The van der Waals surface area contributed by atoms with E-state index >= 15 is 0 Å². The molecule has 1 aromatic carbocycles. The first kappa shape index (κ1) is 24.8. The van der Waals surface area contributed by atoms with Crippen molar-refractivity contribution in [1.29, 1.82) is 0 Å². The summed E-state index contributed by atoms with van der Waals surface area (Å²) < 4.78 is 22.2. The van der Waals surface area contributed by atoms with Crippen molar-refractivity contribution in [3.63, 3.8) is 0 Å².